The molecule has 158 valence electrons. The Kier molecular flexibility index (Phi) is 5.53. The molecule has 2 aromatic heterocycles. The number of anilines is 1. The summed E-state index contributed by atoms with van der Waals surface area (Å²) >= 11 is 0. The Hall–Kier alpha value is -3.94. The Labute approximate surface area is 179 Å². The molecule has 8 heteroatoms. The second-order valence-electron chi connectivity index (χ2n) is 7.48. The van der Waals surface area contributed by atoms with Gasteiger partial charge in [0.05, 0.1) is 6.21 Å². The maximum Gasteiger partial charge on any atom is 0.332 e. The summed E-state index contributed by atoms with van der Waals surface area (Å²) < 4.78 is 4.27. The third-order valence-electron chi connectivity index (χ3n) is 5.27. The first kappa shape index (κ1) is 20.3. The Bertz CT molecular complexity index is 1360. The molecule has 2 aromatic carbocycles. The molecule has 0 bridgehead atoms. The highest BCUT2D eigenvalue weighted by Gasteiger charge is 2.18. The number of fused-ring (bicyclic) bond motifs is 1. The topological polar surface area (TPSA) is 86.2 Å². The van der Waals surface area contributed by atoms with Gasteiger partial charge in [-0.05, 0) is 24.5 Å². The second kappa shape index (κ2) is 8.43. The quantitative estimate of drug-likeness (QED) is 0.386. The fourth-order valence-electron chi connectivity index (χ4n) is 3.45. The van der Waals surface area contributed by atoms with Crippen LogP contribution < -0.4 is 16.7 Å². The van der Waals surface area contributed by atoms with E-state index in [9.17, 15) is 9.59 Å². The first-order valence-electron chi connectivity index (χ1n) is 10.0. The van der Waals surface area contributed by atoms with Gasteiger partial charge in [-0.3, -0.25) is 13.9 Å². The van der Waals surface area contributed by atoms with Crippen LogP contribution in [0.1, 0.15) is 16.7 Å². The van der Waals surface area contributed by atoms with Crippen LogP contribution in [-0.2, 0) is 27.1 Å². The molecule has 0 amide bonds. The van der Waals surface area contributed by atoms with Gasteiger partial charge >= 0.3 is 5.69 Å². The zero-order valence-corrected chi connectivity index (χ0v) is 17.7. The van der Waals surface area contributed by atoms with Crippen LogP contribution in [0.15, 0.2) is 69.3 Å². The van der Waals surface area contributed by atoms with E-state index in [0.717, 1.165) is 15.7 Å². The molecule has 0 atom stereocenters. The Morgan fingerprint density at radius 2 is 1.71 bits per heavy atom. The van der Waals surface area contributed by atoms with Crippen molar-refractivity contribution in [2.45, 2.75) is 19.9 Å². The second-order valence-corrected chi connectivity index (χ2v) is 7.48. The standard InChI is InChI=1S/C23H24N6O2/c1-16-9-11-18(12-10-16)15-24-26-22-25-20-19(21(30)28(3)23(31)27(20)2)29(22)14-13-17-7-5-4-6-8-17/h4-12,15H,13-14H2,1-3H3,(H,25,26)/b24-15+. The molecular formula is C23H24N6O2. The molecule has 0 spiro atoms. The van der Waals surface area contributed by atoms with Gasteiger partial charge in [0.15, 0.2) is 11.2 Å². The molecular weight excluding hydrogens is 392 g/mol. The Morgan fingerprint density at radius 3 is 2.42 bits per heavy atom. The number of aromatic nitrogens is 4. The van der Waals surface area contributed by atoms with Gasteiger partial charge in [-0.1, -0.05) is 60.2 Å². The van der Waals surface area contributed by atoms with Crippen molar-refractivity contribution in [3.05, 3.63) is 92.1 Å². The highest BCUT2D eigenvalue weighted by atomic mass is 16.2. The maximum atomic E-state index is 12.9. The van der Waals surface area contributed by atoms with Crippen molar-refractivity contribution in [2.24, 2.45) is 19.2 Å². The van der Waals surface area contributed by atoms with E-state index in [4.69, 9.17) is 0 Å². The van der Waals surface area contributed by atoms with Crippen LogP contribution in [0.25, 0.3) is 11.2 Å². The molecule has 0 aliphatic rings. The number of nitrogens with zero attached hydrogens (tertiary/aromatic N) is 5. The number of aryl methyl sites for hydroxylation is 4. The fraction of sp³-hybridized carbons (Fsp3) is 0.217. The van der Waals surface area contributed by atoms with Gasteiger partial charge in [-0.15, -0.1) is 0 Å². The molecule has 0 radical (unpaired) electrons. The molecule has 0 saturated carbocycles. The van der Waals surface area contributed by atoms with Crippen LogP contribution in [0.3, 0.4) is 0 Å². The molecule has 8 nitrogen and oxygen atoms in total. The predicted molar refractivity (Wildman–Crippen MR) is 123 cm³/mol. The Balaban J connectivity index is 1.74. The summed E-state index contributed by atoms with van der Waals surface area (Å²) in [5.74, 6) is 0.410. The minimum Gasteiger partial charge on any atom is -0.303 e. The predicted octanol–water partition coefficient (Wildman–Crippen LogP) is 2.43. The van der Waals surface area contributed by atoms with Gasteiger partial charge < -0.3 is 4.57 Å². The molecule has 0 aliphatic carbocycles. The number of benzene rings is 2. The number of hydrogen-bond donors (Lipinski definition) is 1. The van der Waals surface area contributed by atoms with Crippen molar-refractivity contribution in [3.8, 4) is 0 Å². The number of hydrazone groups is 1. The third kappa shape index (κ3) is 4.05. The normalized spacial score (nSPS) is 11.5. The third-order valence-corrected chi connectivity index (χ3v) is 5.27. The van der Waals surface area contributed by atoms with Crippen molar-refractivity contribution in [1.29, 1.82) is 0 Å². The van der Waals surface area contributed by atoms with Crippen molar-refractivity contribution in [3.63, 3.8) is 0 Å². The van der Waals surface area contributed by atoms with E-state index in [1.54, 1.807) is 17.8 Å². The lowest BCUT2D eigenvalue weighted by Gasteiger charge is -2.09. The molecule has 4 rings (SSSR count). The van der Waals surface area contributed by atoms with Gasteiger partial charge in [0.2, 0.25) is 5.95 Å². The summed E-state index contributed by atoms with van der Waals surface area (Å²) in [7, 11) is 3.08. The first-order chi connectivity index (χ1) is 15.0. The summed E-state index contributed by atoms with van der Waals surface area (Å²) in [6, 6.07) is 18.0. The lowest BCUT2D eigenvalue weighted by atomic mass is 10.1. The molecule has 2 heterocycles. The van der Waals surface area contributed by atoms with E-state index >= 15 is 0 Å². The van der Waals surface area contributed by atoms with Gasteiger partial charge in [0.1, 0.15) is 0 Å². The minimum atomic E-state index is -0.417. The lowest BCUT2D eigenvalue weighted by molar-refractivity contribution is 0.687. The van der Waals surface area contributed by atoms with E-state index in [1.807, 2.05) is 61.5 Å². The first-order valence-corrected chi connectivity index (χ1v) is 10.0. The molecule has 0 fully saturated rings. The zero-order valence-electron chi connectivity index (χ0n) is 17.7. The number of hydrogen-bond acceptors (Lipinski definition) is 5. The van der Waals surface area contributed by atoms with Crippen molar-refractivity contribution in [2.75, 3.05) is 5.43 Å². The smallest absolute Gasteiger partial charge is 0.303 e. The summed E-state index contributed by atoms with van der Waals surface area (Å²) in [5, 5.41) is 4.30. The highest BCUT2D eigenvalue weighted by Crippen LogP contribution is 2.17. The lowest BCUT2D eigenvalue weighted by Crippen LogP contribution is -2.37. The summed E-state index contributed by atoms with van der Waals surface area (Å²) in [4.78, 5) is 29.8. The van der Waals surface area contributed by atoms with Gasteiger partial charge in [-0.2, -0.15) is 10.1 Å². The average Bonchev–Trinajstić information content (AvgIpc) is 3.15. The van der Waals surface area contributed by atoms with Crippen LogP contribution in [-0.4, -0.2) is 24.9 Å². The van der Waals surface area contributed by atoms with E-state index in [-0.39, 0.29) is 5.56 Å². The van der Waals surface area contributed by atoms with Crippen molar-refractivity contribution in [1.82, 2.24) is 18.7 Å². The molecule has 1 N–H and O–H groups in total. The van der Waals surface area contributed by atoms with Gasteiger partial charge in [0, 0.05) is 20.6 Å². The SMILES string of the molecule is Cc1ccc(/C=N/Nc2nc3c(c(=O)n(C)c(=O)n3C)n2CCc2ccccc2)cc1. The minimum absolute atomic E-state index is 0.328. The number of imidazole rings is 1. The maximum absolute atomic E-state index is 12.9. The van der Waals surface area contributed by atoms with Gasteiger partial charge in [0.25, 0.3) is 5.56 Å². The van der Waals surface area contributed by atoms with E-state index in [1.165, 1.54) is 17.2 Å². The molecule has 4 aromatic rings. The fourth-order valence-corrected chi connectivity index (χ4v) is 3.45. The molecule has 0 saturated heterocycles. The molecule has 31 heavy (non-hydrogen) atoms. The number of rotatable bonds is 6. The van der Waals surface area contributed by atoms with Crippen molar-refractivity contribution < 1.29 is 0 Å². The van der Waals surface area contributed by atoms with E-state index < -0.39 is 5.69 Å². The van der Waals surface area contributed by atoms with E-state index in [0.29, 0.717) is 30.1 Å². The summed E-state index contributed by atoms with van der Waals surface area (Å²) in [6.45, 7) is 2.54. The van der Waals surface area contributed by atoms with E-state index in [2.05, 4.69) is 15.5 Å². The van der Waals surface area contributed by atoms with Crippen LogP contribution in [0.2, 0.25) is 0 Å². The van der Waals surface area contributed by atoms with Crippen LogP contribution in [0.4, 0.5) is 5.95 Å². The monoisotopic (exact) mass is 416 g/mol. The average molecular weight is 416 g/mol. The van der Waals surface area contributed by atoms with Crippen LogP contribution in [0, 0.1) is 6.92 Å². The summed E-state index contributed by atoms with van der Waals surface area (Å²) in [6.07, 6.45) is 2.39. The van der Waals surface area contributed by atoms with Crippen LogP contribution in [0.5, 0.6) is 0 Å². The van der Waals surface area contributed by atoms with Crippen molar-refractivity contribution >= 4 is 23.3 Å². The molecule has 0 unspecified atom stereocenters. The van der Waals surface area contributed by atoms with Gasteiger partial charge in [-0.25, -0.2) is 10.2 Å². The zero-order chi connectivity index (χ0) is 22.0. The van der Waals surface area contributed by atoms with Crippen LogP contribution >= 0.6 is 0 Å². The Morgan fingerprint density at radius 1 is 1.00 bits per heavy atom. The largest absolute Gasteiger partial charge is 0.332 e. The highest BCUT2D eigenvalue weighted by molar-refractivity contribution is 5.80. The summed E-state index contributed by atoms with van der Waals surface area (Å²) in [5.41, 5.74) is 6.10. The molecule has 0 aliphatic heterocycles. The number of nitrogens with one attached hydrogen (secondary N) is 1.